The Kier molecular flexibility index (Phi) is 5.03. The van der Waals surface area contributed by atoms with Crippen molar-refractivity contribution >= 4 is 27.3 Å². The first-order chi connectivity index (χ1) is 12.0. The number of anilines is 1. The maximum absolute atomic E-state index is 12.6. The monoisotopic (exact) mass is 373 g/mol. The third kappa shape index (κ3) is 4.17. The first-order valence-corrected chi connectivity index (χ1v) is 9.36. The zero-order valence-electron chi connectivity index (χ0n) is 13.2. The number of benzene rings is 2. The highest BCUT2D eigenvalue weighted by Gasteiger charge is 2.15. The van der Waals surface area contributed by atoms with E-state index in [1.807, 2.05) is 0 Å². The summed E-state index contributed by atoms with van der Waals surface area (Å²) >= 11 is 5.92. The van der Waals surface area contributed by atoms with E-state index in [1.165, 1.54) is 6.07 Å². The van der Waals surface area contributed by atoms with Crippen LogP contribution in [0.1, 0.15) is 5.56 Å². The van der Waals surface area contributed by atoms with Gasteiger partial charge in [0.15, 0.2) is 0 Å². The Morgan fingerprint density at radius 2 is 1.88 bits per heavy atom. The van der Waals surface area contributed by atoms with Gasteiger partial charge in [0.1, 0.15) is 0 Å². The second-order valence-electron chi connectivity index (χ2n) is 5.45. The fourth-order valence-corrected chi connectivity index (χ4v) is 3.66. The van der Waals surface area contributed by atoms with Gasteiger partial charge in [-0.05, 0) is 41.5 Å². The van der Waals surface area contributed by atoms with Gasteiger partial charge in [-0.25, -0.2) is 13.1 Å². The van der Waals surface area contributed by atoms with Crippen molar-refractivity contribution in [2.45, 2.75) is 11.4 Å². The number of halogens is 1. The van der Waals surface area contributed by atoms with Crippen molar-refractivity contribution in [3.05, 3.63) is 77.6 Å². The topological polar surface area (TPSA) is 85.1 Å². The van der Waals surface area contributed by atoms with Crippen molar-refractivity contribution < 1.29 is 8.42 Å². The molecule has 25 heavy (non-hydrogen) atoms. The van der Waals surface area contributed by atoms with Crippen LogP contribution in [0.25, 0.3) is 11.1 Å². The van der Waals surface area contributed by atoms with Crippen LogP contribution < -0.4 is 10.5 Å². The number of nitrogens with one attached hydrogen (secondary N) is 1. The first kappa shape index (κ1) is 17.4. The van der Waals surface area contributed by atoms with E-state index in [9.17, 15) is 8.42 Å². The number of nitrogens with zero attached hydrogens (tertiary/aromatic N) is 1. The number of hydrogen-bond acceptors (Lipinski definition) is 4. The molecule has 2 aromatic carbocycles. The highest BCUT2D eigenvalue weighted by molar-refractivity contribution is 7.89. The fraction of sp³-hybridized carbons (Fsp3) is 0.0556. The van der Waals surface area contributed by atoms with E-state index in [2.05, 4.69) is 9.71 Å². The maximum atomic E-state index is 12.6. The molecule has 0 bridgehead atoms. The number of nitrogens with two attached hydrogens (primary N) is 1. The molecule has 0 aliphatic rings. The maximum Gasteiger partial charge on any atom is 0.240 e. The number of aromatic nitrogens is 1. The Labute approximate surface area is 151 Å². The SMILES string of the molecule is Nc1ccncc1-c1cccc(S(=O)(=O)NCc2cccc(Cl)c2)c1. The molecule has 0 saturated heterocycles. The molecule has 0 saturated carbocycles. The van der Waals surface area contributed by atoms with E-state index in [0.717, 1.165) is 5.56 Å². The van der Waals surface area contributed by atoms with E-state index in [0.29, 0.717) is 21.8 Å². The van der Waals surface area contributed by atoms with Gasteiger partial charge in [0.05, 0.1) is 4.90 Å². The molecule has 0 spiro atoms. The lowest BCUT2D eigenvalue weighted by atomic mass is 10.1. The van der Waals surface area contributed by atoms with Gasteiger partial charge >= 0.3 is 0 Å². The first-order valence-electron chi connectivity index (χ1n) is 7.50. The summed E-state index contributed by atoms with van der Waals surface area (Å²) in [4.78, 5) is 4.20. The van der Waals surface area contributed by atoms with Gasteiger partial charge in [-0.2, -0.15) is 0 Å². The van der Waals surface area contributed by atoms with Crippen LogP contribution in [-0.4, -0.2) is 13.4 Å². The number of nitrogen functional groups attached to an aromatic ring is 1. The molecule has 0 atom stereocenters. The van der Waals surface area contributed by atoms with E-state index >= 15 is 0 Å². The summed E-state index contributed by atoms with van der Waals surface area (Å²) in [6.45, 7) is 0.155. The number of hydrogen-bond donors (Lipinski definition) is 2. The molecule has 3 rings (SSSR count). The molecule has 0 unspecified atom stereocenters. The zero-order valence-corrected chi connectivity index (χ0v) is 14.8. The van der Waals surface area contributed by atoms with Crippen LogP contribution >= 0.6 is 11.6 Å². The highest BCUT2D eigenvalue weighted by Crippen LogP contribution is 2.26. The molecule has 7 heteroatoms. The lowest BCUT2D eigenvalue weighted by Crippen LogP contribution is -2.23. The van der Waals surface area contributed by atoms with Crippen molar-refractivity contribution in [1.82, 2.24) is 9.71 Å². The summed E-state index contributed by atoms with van der Waals surface area (Å²) in [5, 5.41) is 0.561. The van der Waals surface area contributed by atoms with Crippen LogP contribution in [0.4, 0.5) is 5.69 Å². The smallest absolute Gasteiger partial charge is 0.240 e. The Balaban J connectivity index is 1.85. The van der Waals surface area contributed by atoms with Crippen molar-refractivity contribution in [3.8, 4) is 11.1 Å². The van der Waals surface area contributed by atoms with Crippen LogP contribution in [0.2, 0.25) is 5.02 Å². The Morgan fingerprint density at radius 1 is 1.08 bits per heavy atom. The minimum atomic E-state index is -3.67. The molecular formula is C18H16ClN3O2S. The number of pyridine rings is 1. The molecule has 128 valence electrons. The van der Waals surface area contributed by atoms with E-state index in [-0.39, 0.29) is 11.4 Å². The second kappa shape index (κ2) is 7.23. The summed E-state index contributed by atoms with van der Waals surface area (Å²) in [5.41, 5.74) is 8.64. The molecular weight excluding hydrogens is 358 g/mol. The molecule has 3 aromatic rings. The summed E-state index contributed by atoms with van der Waals surface area (Å²) in [6.07, 6.45) is 3.20. The minimum Gasteiger partial charge on any atom is -0.398 e. The number of sulfonamides is 1. The molecule has 0 aliphatic carbocycles. The normalized spacial score (nSPS) is 11.4. The standard InChI is InChI=1S/C18H16ClN3O2S/c19-15-5-1-3-13(9-15)11-22-25(23,24)16-6-2-4-14(10-16)17-12-21-8-7-18(17)20/h1-10,12,22H,11H2,(H2,20,21). The third-order valence-corrected chi connectivity index (χ3v) is 5.30. The van der Waals surface area contributed by atoms with Gasteiger partial charge in [-0.3, -0.25) is 4.98 Å². The van der Waals surface area contributed by atoms with Gasteiger partial charge in [-0.1, -0.05) is 35.9 Å². The number of rotatable bonds is 5. The average molecular weight is 374 g/mol. The van der Waals surface area contributed by atoms with E-state index in [4.69, 9.17) is 17.3 Å². The second-order valence-corrected chi connectivity index (χ2v) is 7.65. The van der Waals surface area contributed by atoms with Gasteiger partial charge in [0, 0.05) is 35.2 Å². The molecule has 0 aliphatic heterocycles. The summed E-state index contributed by atoms with van der Waals surface area (Å²) in [7, 11) is -3.67. The summed E-state index contributed by atoms with van der Waals surface area (Å²) in [5.74, 6) is 0. The van der Waals surface area contributed by atoms with Crippen LogP contribution in [-0.2, 0) is 16.6 Å². The van der Waals surface area contributed by atoms with Crippen molar-refractivity contribution in [1.29, 1.82) is 0 Å². The van der Waals surface area contributed by atoms with Crippen LogP contribution in [0.3, 0.4) is 0 Å². The molecule has 5 nitrogen and oxygen atoms in total. The molecule has 0 radical (unpaired) electrons. The minimum absolute atomic E-state index is 0.155. The molecule has 1 heterocycles. The van der Waals surface area contributed by atoms with E-state index < -0.39 is 10.0 Å². The molecule has 0 amide bonds. The molecule has 0 fully saturated rings. The predicted octanol–water partition coefficient (Wildman–Crippen LogP) is 3.46. The van der Waals surface area contributed by atoms with Crippen molar-refractivity contribution in [2.24, 2.45) is 0 Å². The predicted molar refractivity (Wildman–Crippen MR) is 99.6 cm³/mol. The lowest BCUT2D eigenvalue weighted by molar-refractivity contribution is 0.581. The largest absolute Gasteiger partial charge is 0.398 e. The van der Waals surface area contributed by atoms with E-state index in [1.54, 1.807) is 60.9 Å². The van der Waals surface area contributed by atoms with Gasteiger partial charge in [-0.15, -0.1) is 0 Å². The lowest BCUT2D eigenvalue weighted by Gasteiger charge is -2.10. The van der Waals surface area contributed by atoms with Crippen LogP contribution in [0, 0.1) is 0 Å². The average Bonchev–Trinajstić information content (AvgIpc) is 2.61. The Morgan fingerprint density at radius 3 is 2.64 bits per heavy atom. The van der Waals surface area contributed by atoms with Gasteiger partial charge in [0.2, 0.25) is 10.0 Å². The Bertz CT molecular complexity index is 1010. The van der Waals surface area contributed by atoms with Gasteiger partial charge in [0.25, 0.3) is 0 Å². The van der Waals surface area contributed by atoms with Crippen molar-refractivity contribution in [2.75, 3.05) is 5.73 Å². The van der Waals surface area contributed by atoms with Crippen molar-refractivity contribution in [3.63, 3.8) is 0 Å². The third-order valence-electron chi connectivity index (χ3n) is 3.67. The van der Waals surface area contributed by atoms with Crippen LogP contribution in [0.15, 0.2) is 71.9 Å². The quantitative estimate of drug-likeness (QED) is 0.717. The molecule has 1 aromatic heterocycles. The fourth-order valence-electron chi connectivity index (χ4n) is 2.39. The summed E-state index contributed by atoms with van der Waals surface area (Å²) < 4.78 is 27.7. The molecule has 3 N–H and O–H groups in total. The zero-order chi connectivity index (χ0) is 17.9. The Hall–Kier alpha value is -2.41. The van der Waals surface area contributed by atoms with Crippen LogP contribution in [0.5, 0.6) is 0 Å². The highest BCUT2D eigenvalue weighted by atomic mass is 35.5. The van der Waals surface area contributed by atoms with Gasteiger partial charge < -0.3 is 5.73 Å². The summed E-state index contributed by atoms with van der Waals surface area (Å²) in [6, 6.07) is 15.3.